The largest absolute Gasteiger partial charge is 0.494 e. The highest BCUT2D eigenvalue weighted by Gasteiger charge is 2.10. The van der Waals surface area contributed by atoms with E-state index in [-0.39, 0.29) is 18.4 Å². The van der Waals surface area contributed by atoms with Gasteiger partial charge in [0.2, 0.25) is 5.65 Å². The molecule has 9 heteroatoms. The average molecular weight is 452 g/mol. The summed E-state index contributed by atoms with van der Waals surface area (Å²) in [7, 11) is 0. The number of ether oxygens (including phenoxy) is 1. The van der Waals surface area contributed by atoms with Gasteiger partial charge in [0, 0.05) is 29.3 Å². The number of carbonyl (C=O) groups is 1. The number of fused-ring (bicyclic) bond motifs is 1. The number of benzene rings is 2. The van der Waals surface area contributed by atoms with Crippen molar-refractivity contribution in [1.29, 1.82) is 0 Å². The van der Waals surface area contributed by atoms with Crippen LogP contribution in [0.1, 0.15) is 16.8 Å². The van der Waals surface area contributed by atoms with Crippen molar-refractivity contribution in [2.45, 2.75) is 6.42 Å². The highest BCUT2D eigenvalue weighted by molar-refractivity contribution is 6.18. The molecule has 0 fully saturated rings. The van der Waals surface area contributed by atoms with Crippen LogP contribution in [0.15, 0.2) is 60.7 Å². The first-order valence-electron chi connectivity index (χ1n) is 10.2. The van der Waals surface area contributed by atoms with Gasteiger partial charge in [-0.25, -0.2) is 4.98 Å². The number of carbonyl (C=O) groups excluding carboxylic acids is 1. The summed E-state index contributed by atoms with van der Waals surface area (Å²) < 4.78 is 5.67. The molecule has 2 heterocycles. The number of hydrogen-bond donors (Lipinski definition) is 3. The van der Waals surface area contributed by atoms with E-state index in [1.54, 1.807) is 36.4 Å². The number of rotatable bonds is 9. The molecule has 0 saturated carbocycles. The van der Waals surface area contributed by atoms with E-state index in [1.165, 1.54) is 0 Å². The Morgan fingerprint density at radius 2 is 2.00 bits per heavy atom. The van der Waals surface area contributed by atoms with Crippen LogP contribution < -0.4 is 10.1 Å². The summed E-state index contributed by atoms with van der Waals surface area (Å²) in [6, 6.07) is 18.1. The molecule has 2 aromatic heterocycles. The van der Waals surface area contributed by atoms with E-state index >= 15 is 0 Å². The molecule has 4 aromatic rings. The van der Waals surface area contributed by atoms with Gasteiger partial charge in [-0.15, -0.1) is 16.7 Å². The van der Waals surface area contributed by atoms with Crippen molar-refractivity contribution in [3.63, 3.8) is 0 Å². The fourth-order valence-corrected chi connectivity index (χ4v) is 3.37. The number of halogens is 1. The summed E-state index contributed by atoms with van der Waals surface area (Å²) >= 11 is 5.77. The summed E-state index contributed by atoms with van der Waals surface area (Å²) in [6.07, 6.45) is 0.674. The van der Waals surface area contributed by atoms with E-state index in [9.17, 15) is 4.79 Å². The summed E-state index contributed by atoms with van der Waals surface area (Å²) in [5.74, 6) is 0.886. The lowest BCUT2D eigenvalue weighted by molar-refractivity contribution is 0.102. The minimum Gasteiger partial charge on any atom is -0.494 e. The van der Waals surface area contributed by atoms with Gasteiger partial charge in [-0.05, 0) is 60.9 Å². The Kier molecular flexibility index (Phi) is 6.94. The SMILES string of the molecule is O=C(Nc1ccc(OCCC(CO)CCl)cc1)c1cccc(-c2ccc3[nH]nnc3n2)c1. The monoisotopic (exact) mass is 451 g/mol. The van der Waals surface area contributed by atoms with Crippen molar-refractivity contribution in [1.82, 2.24) is 20.4 Å². The Labute approximate surface area is 189 Å². The fraction of sp³-hybridized carbons (Fsp3) is 0.217. The number of H-pyrrole nitrogens is 1. The first kappa shape index (κ1) is 21.7. The van der Waals surface area contributed by atoms with Gasteiger partial charge < -0.3 is 15.2 Å². The van der Waals surface area contributed by atoms with Crippen molar-refractivity contribution < 1.29 is 14.6 Å². The molecule has 4 rings (SSSR count). The Morgan fingerprint density at radius 3 is 2.78 bits per heavy atom. The van der Waals surface area contributed by atoms with Gasteiger partial charge in [0.25, 0.3) is 5.91 Å². The molecule has 0 radical (unpaired) electrons. The fourth-order valence-electron chi connectivity index (χ4n) is 3.12. The second-order valence-corrected chi connectivity index (χ2v) is 7.59. The zero-order valence-corrected chi connectivity index (χ0v) is 17.9. The number of aromatic nitrogens is 4. The highest BCUT2D eigenvalue weighted by atomic mass is 35.5. The Balaban J connectivity index is 1.39. The lowest BCUT2D eigenvalue weighted by Crippen LogP contribution is -2.13. The molecule has 3 N–H and O–H groups in total. The average Bonchev–Trinajstić information content (AvgIpc) is 3.31. The zero-order chi connectivity index (χ0) is 22.3. The van der Waals surface area contributed by atoms with Crippen molar-refractivity contribution in [2.24, 2.45) is 5.92 Å². The Bertz CT molecular complexity index is 1190. The number of anilines is 1. The first-order valence-corrected chi connectivity index (χ1v) is 10.7. The maximum atomic E-state index is 12.7. The minimum atomic E-state index is -0.226. The molecule has 0 aliphatic heterocycles. The van der Waals surface area contributed by atoms with Crippen LogP contribution in [0.4, 0.5) is 5.69 Å². The topological polar surface area (TPSA) is 113 Å². The summed E-state index contributed by atoms with van der Waals surface area (Å²) in [6.45, 7) is 0.508. The third kappa shape index (κ3) is 5.22. The van der Waals surface area contributed by atoms with Crippen molar-refractivity contribution >= 4 is 34.4 Å². The highest BCUT2D eigenvalue weighted by Crippen LogP contribution is 2.22. The van der Waals surface area contributed by atoms with Crippen LogP contribution in [0.3, 0.4) is 0 Å². The third-order valence-corrected chi connectivity index (χ3v) is 5.43. The molecule has 0 spiro atoms. The minimum absolute atomic E-state index is 0.0269. The van der Waals surface area contributed by atoms with Gasteiger partial charge >= 0.3 is 0 Å². The predicted molar refractivity (Wildman–Crippen MR) is 123 cm³/mol. The molecular formula is C23H22ClN5O3. The molecule has 32 heavy (non-hydrogen) atoms. The molecule has 1 amide bonds. The zero-order valence-electron chi connectivity index (χ0n) is 17.2. The van der Waals surface area contributed by atoms with E-state index in [1.807, 2.05) is 24.3 Å². The maximum Gasteiger partial charge on any atom is 0.255 e. The number of aliphatic hydroxyl groups excluding tert-OH is 1. The summed E-state index contributed by atoms with van der Waals surface area (Å²) in [5.41, 5.74) is 3.96. The molecule has 8 nitrogen and oxygen atoms in total. The molecule has 0 aliphatic rings. The quantitative estimate of drug-likeness (QED) is 0.333. The number of pyridine rings is 1. The van der Waals surface area contributed by atoms with Crippen LogP contribution in [-0.4, -0.2) is 50.5 Å². The van der Waals surface area contributed by atoms with E-state index in [0.29, 0.717) is 47.2 Å². The number of alkyl halides is 1. The van der Waals surface area contributed by atoms with E-state index in [4.69, 9.17) is 21.4 Å². The van der Waals surface area contributed by atoms with Crippen LogP contribution in [0.5, 0.6) is 5.75 Å². The predicted octanol–water partition coefficient (Wildman–Crippen LogP) is 3.89. The van der Waals surface area contributed by atoms with E-state index in [0.717, 1.165) is 11.1 Å². The van der Waals surface area contributed by atoms with Gasteiger partial charge in [0.15, 0.2) is 0 Å². The van der Waals surface area contributed by atoms with Gasteiger partial charge in [-0.2, -0.15) is 0 Å². The van der Waals surface area contributed by atoms with E-state index in [2.05, 4.69) is 25.7 Å². The second-order valence-electron chi connectivity index (χ2n) is 7.28. The Morgan fingerprint density at radius 1 is 1.16 bits per heavy atom. The first-order chi connectivity index (χ1) is 15.7. The normalized spacial score (nSPS) is 11.9. The molecule has 2 aromatic carbocycles. The van der Waals surface area contributed by atoms with Gasteiger partial charge in [0.1, 0.15) is 11.3 Å². The van der Waals surface area contributed by atoms with Crippen molar-refractivity contribution in [3.8, 4) is 17.0 Å². The maximum absolute atomic E-state index is 12.7. The van der Waals surface area contributed by atoms with Crippen LogP contribution >= 0.6 is 11.6 Å². The summed E-state index contributed by atoms with van der Waals surface area (Å²) in [4.78, 5) is 17.2. The summed E-state index contributed by atoms with van der Waals surface area (Å²) in [5, 5.41) is 22.5. The second kappa shape index (κ2) is 10.2. The molecule has 0 saturated heterocycles. The Hall–Kier alpha value is -3.49. The standard InChI is InChI=1S/C23H22ClN5O3/c24-13-15(14-30)10-11-32-19-6-4-18(5-7-19)25-23(31)17-3-1-2-16(12-17)20-8-9-21-22(26-20)28-29-27-21/h1-9,12,15,30H,10-11,13-14H2,(H,25,31)(H,26,27,28,29). The number of aliphatic hydroxyl groups is 1. The molecule has 1 unspecified atom stereocenters. The molecule has 0 aliphatic carbocycles. The lowest BCUT2D eigenvalue weighted by Gasteiger charge is -2.12. The van der Waals surface area contributed by atoms with Gasteiger partial charge in [-0.1, -0.05) is 17.3 Å². The third-order valence-electron chi connectivity index (χ3n) is 4.99. The number of aromatic amines is 1. The van der Waals surface area contributed by atoms with Crippen LogP contribution in [-0.2, 0) is 0 Å². The van der Waals surface area contributed by atoms with Gasteiger partial charge in [-0.3, -0.25) is 9.89 Å². The molecule has 164 valence electrons. The lowest BCUT2D eigenvalue weighted by atomic mass is 10.1. The van der Waals surface area contributed by atoms with Crippen LogP contribution in [0, 0.1) is 5.92 Å². The number of nitrogens with zero attached hydrogens (tertiary/aromatic N) is 3. The molecular weight excluding hydrogens is 430 g/mol. The number of amides is 1. The van der Waals surface area contributed by atoms with Crippen LogP contribution in [0.25, 0.3) is 22.4 Å². The van der Waals surface area contributed by atoms with Crippen molar-refractivity contribution in [3.05, 3.63) is 66.2 Å². The molecule has 1 atom stereocenters. The number of nitrogens with one attached hydrogen (secondary N) is 2. The van der Waals surface area contributed by atoms with E-state index < -0.39 is 0 Å². The number of hydrogen-bond acceptors (Lipinski definition) is 6. The van der Waals surface area contributed by atoms with Gasteiger partial charge in [0.05, 0.1) is 12.3 Å². The molecule has 0 bridgehead atoms. The van der Waals surface area contributed by atoms with Crippen molar-refractivity contribution in [2.75, 3.05) is 24.4 Å². The smallest absolute Gasteiger partial charge is 0.255 e. The van der Waals surface area contributed by atoms with Crippen LogP contribution in [0.2, 0.25) is 0 Å².